The fourth-order valence-electron chi connectivity index (χ4n) is 4.54. The second-order valence-corrected chi connectivity index (χ2v) is 6.99. The van der Waals surface area contributed by atoms with Gasteiger partial charge in [0, 0.05) is 25.2 Å². The van der Waals surface area contributed by atoms with Crippen molar-refractivity contribution in [3.63, 3.8) is 0 Å². The Hall–Kier alpha value is -0.160. The Morgan fingerprint density at radius 3 is 2.52 bits per heavy atom. The molecule has 2 saturated heterocycles. The van der Waals surface area contributed by atoms with Crippen LogP contribution in [0.4, 0.5) is 0 Å². The van der Waals surface area contributed by atoms with Crippen LogP contribution in [0.2, 0.25) is 0 Å². The maximum Gasteiger partial charge on any atom is 0.0723 e. The molecule has 2 atom stereocenters. The number of nitrogens with zero attached hydrogens (tertiary/aromatic N) is 1. The van der Waals surface area contributed by atoms with Crippen molar-refractivity contribution >= 4 is 0 Å². The molecule has 0 amide bonds. The van der Waals surface area contributed by atoms with Crippen molar-refractivity contribution in [3.05, 3.63) is 0 Å². The van der Waals surface area contributed by atoms with Gasteiger partial charge in [-0.3, -0.25) is 4.90 Å². The minimum Gasteiger partial charge on any atom is -0.391 e. The number of aliphatic hydroxyl groups excluding tert-OH is 1. The van der Waals surface area contributed by atoms with Gasteiger partial charge in [-0.25, -0.2) is 0 Å². The normalized spacial score (nSPS) is 31.6. The molecule has 122 valence electrons. The zero-order valence-electron chi connectivity index (χ0n) is 13.3. The van der Waals surface area contributed by atoms with Crippen molar-refractivity contribution in [1.29, 1.82) is 0 Å². The van der Waals surface area contributed by atoms with Gasteiger partial charge in [0.15, 0.2) is 0 Å². The second kappa shape index (κ2) is 7.40. The number of ether oxygens (including phenoxy) is 2. The van der Waals surface area contributed by atoms with Crippen LogP contribution < -0.4 is 0 Å². The van der Waals surface area contributed by atoms with Crippen molar-refractivity contribution in [2.45, 2.75) is 75.5 Å². The van der Waals surface area contributed by atoms with Crippen LogP contribution in [0.1, 0.15) is 57.8 Å². The van der Waals surface area contributed by atoms with E-state index in [2.05, 4.69) is 4.90 Å². The number of aliphatic hydroxyl groups is 1. The molecule has 1 N–H and O–H groups in total. The molecule has 0 radical (unpaired) electrons. The fourth-order valence-corrected chi connectivity index (χ4v) is 4.54. The van der Waals surface area contributed by atoms with Crippen LogP contribution in [0.5, 0.6) is 0 Å². The average molecular weight is 297 g/mol. The third kappa shape index (κ3) is 3.61. The standard InChI is InChI=1S/C17H31NO3/c19-16(7-3-5-15-6-4-12-21-15)17(8-1-2-9-17)18-10-13-20-14-11-18/h15-16,19H,1-14H2. The van der Waals surface area contributed by atoms with Gasteiger partial charge in [-0.05, 0) is 44.9 Å². The molecule has 2 unspecified atom stereocenters. The van der Waals surface area contributed by atoms with E-state index in [0.29, 0.717) is 6.10 Å². The van der Waals surface area contributed by atoms with Crippen LogP contribution in [-0.2, 0) is 9.47 Å². The number of hydrogen-bond acceptors (Lipinski definition) is 4. The summed E-state index contributed by atoms with van der Waals surface area (Å²) in [5.41, 5.74) is 0.0420. The highest BCUT2D eigenvalue weighted by atomic mass is 16.5. The van der Waals surface area contributed by atoms with Crippen LogP contribution in [0.3, 0.4) is 0 Å². The summed E-state index contributed by atoms with van der Waals surface area (Å²) in [7, 11) is 0. The lowest BCUT2D eigenvalue weighted by molar-refractivity contribution is -0.0790. The van der Waals surface area contributed by atoms with Gasteiger partial charge in [0.2, 0.25) is 0 Å². The Balaban J connectivity index is 1.52. The summed E-state index contributed by atoms with van der Waals surface area (Å²) in [5, 5.41) is 10.9. The Bertz CT molecular complexity index is 305. The molecule has 21 heavy (non-hydrogen) atoms. The van der Waals surface area contributed by atoms with Gasteiger partial charge in [0.05, 0.1) is 25.4 Å². The molecule has 0 aromatic heterocycles. The number of rotatable bonds is 6. The first-order valence-corrected chi connectivity index (χ1v) is 8.94. The van der Waals surface area contributed by atoms with Crippen LogP contribution in [0.15, 0.2) is 0 Å². The monoisotopic (exact) mass is 297 g/mol. The van der Waals surface area contributed by atoms with Gasteiger partial charge in [-0.2, -0.15) is 0 Å². The molecule has 0 bridgehead atoms. The van der Waals surface area contributed by atoms with Crippen LogP contribution in [-0.4, -0.2) is 60.7 Å². The van der Waals surface area contributed by atoms with Gasteiger partial charge in [-0.15, -0.1) is 0 Å². The molecule has 4 nitrogen and oxygen atoms in total. The summed E-state index contributed by atoms with van der Waals surface area (Å²) >= 11 is 0. The first kappa shape index (κ1) is 15.7. The van der Waals surface area contributed by atoms with Gasteiger partial charge in [0.25, 0.3) is 0 Å². The molecule has 4 heteroatoms. The summed E-state index contributed by atoms with van der Waals surface area (Å²) in [4.78, 5) is 2.53. The smallest absolute Gasteiger partial charge is 0.0723 e. The Labute approximate surface area is 128 Å². The van der Waals surface area contributed by atoms with E-state index in [-0.39, 0.29) is 11.6 Å². The SMILES string of the molecule is OC(CCCC1CCCO1)C1(N2CCOCC2)CCCC1. The first-order valence-electron chi connectivity index (χ1n) is 8.94. The molecule has 0 spiro atoms. The lowest BCUT2D eigenvalue weighted by Crippen LogP contribution is -2.58. The minimum absolute atomic E-state index is 0.0420. The highest BCUT2D eigenvalue weighted by Crippen LogP contribution is 2.40. The van der Waals surface area contributed by atoms with Crippen LogP contribution >= 0.6 is 0 Å². The van der Waals surface area contributed by atoms with Crippen molar-refractivity contribution < 1.29 is 14.6 Å². The first-order chi connectivity index (χ1) is 10.3. The third-order valence-corrected chi connectivity index (χ3v) is 5.76. The third-order valence-electron chi connectivity index (χ3n) is 5.76. The summed E-state index contributed by atoms with van der Waals surface area (Å²) < 4.78 is 11.2. The Morgan fingerprint density at radius 1 is 1.10 bits per heavy atom. The molecule has 1 aliphatic carbocycles. The van der Waals surface area contributed by atoms with E-state index in [1.165, 1.54) is 25.7 Å². The number of hydrogen-bond donors (Lipinski definition) is 1. The Kier molecular flexibility index (Phi) is 5.54. The summed E-state index contributed by atoms with van der Waals surface area (Å²) in [6.07, 6.45) is 10.7. The molecule has 3 rings (SSSR count). The van der Waals surface area contributed by atoms with E-state index in [1.807, 2.05) is 0 Å². The van der Waals surface area contributed by atoms with Gasteiger partial charge in [0.1, 0.15) is 0 Å². The zero-order valence-corrected chi connectivity index (χ0v) is 13.3. The molecule has 1 saturated carbocycles. The van der Waals surface area contributed by atoms with E-state index in [0.717, 1.165) is 65.0 Å². The average Bonchev–Trinajstić information content (AvgIpc) is 3.20. The summed E-state index contributed by atoms with van der Waals surface area (Å²) in [5.74, 6) is 0. The predicted molar refractivity (Wildman–Crippen MR) is 82.4 cm³/mol. The van der Waals surface area contributed by atoms with Crippen LogP contribution in [0.25, 0.3) is 0 Å². The molecule has 3 aliphatic rings. The van der Waals surface area contributed by atoms with E-state index in [4.69, 9.17) is 9.47 Å². The quantitative estimate of drug-likeness (QED) is 0.817. The van der Waals surface area contributed by atoms with Crippen molar-refractivity contribution in [2.75, 3.05) is 32.9 Å². The molecule has 0 aromatic carbocycles. The second-order valence-electron chi connectivity index (χ2n) is 6.99. The van der Waals surface area contributed by atoms with Gasteiger partial charge in [-0.1, -0.05) is 12.8 Å². The minimum atomic E-state index is -0.181. The summed E-state index contributed by atoms with van der Waals surface area (Å²) in [6.45, 7) is 4.56. The molecule has 0 aromatic rings. The highest BCUT2D eigenvalue weighted by Gasteiger charge is 2.45. The lowest BCUT2D eigenvalue weighted by Gasteiger charge is -2.46. The van der Waals surface area contributed by atoms with Crippen molar-refractivity contribution in [3.8, 4) is 0 Å². The molecule has 2 heterocycles. The Morgan fingerprint density at radius 2 is 1.86 bits per heavy atom. The lowest BCUT2D eigenvalue weighted by atomic mass is 9.84. The van der Waals surface area contributed by atoms with E-state index < -0.39 is 0 Å². The maximum absolute atomic E-state index is 10.9. The zero-order chi connectivity index (χ0) is 14.5. The predicted octanol–water partition coefficient (Wildman–Crippen LogP) is 2.34. The number of morpholine rings is 1. The largest absolute Gasteiger partial charge is 0.391 e. The highest BCUT2D eigenvalue weighted by molar-refractivity contribution is 5.01. The van der Waals surface area contributed by atoms with Crippen LogP contribution in [0, 0.1) is 0 Å². The van der Waals surface area contributed by atoms with Crippen molar-refractivity contribution in [1.82, 2.24) is 4.90 Å². The topological polar surface area (TPSA) is 41.9 Å². The van der Waals surface area contributed by atoms with E-state index in [9.17, 15) is 5.11 Å². The summed E-state index contributed by atoms with van der Waals surface area (Å²) in [6, 6.07) is 0. The van der Waals surface area contributed by atoms with Gasteiger partial charge < -0.3 is 14.6 Å². The fraction of sp³-hybridized carbons (Fsp3) is 1.00. The van der Waals surface area contributed by atoms with Gasteiger partial charge >= 0.3 is 0 Å². The molecular weight excluding hydrogens is 266 g/mol. The van der Waals surface area contributed by atoms with E-state index >= 15 is 0 Å². The maximum atomic E-state index is 10.9. The molecule has 2 aliphatic heterocycles. The molecular formula is C17H31NO3. The van der Waals surface area contributed by atoms with Crippen molar-refractivity contribution in [2.24, 2.45) is 0 Å². The molecule has 3 fully saturated rings. The van der Waals surface area contributed by atoms with E-state index in [1.54, 1.807) is 0 Å².